The lowest BCUT2D eigenvalue weighted by atomic mass is 10.1. The number of hydrogen-bond donors (Lipinski definition) is 2. The van der Waals surface area contributed by atoms with Crippen molar-refractivity contribution in [1.29, 1.82) is 0 Å². The van der Waals surface area contributed by atoms with Crippen molar-refractivity contribution in [1.82, 2.24) is 10.2 Å². The van der Waals surface area contributed by atoms with Crippen molar-refractivity contribution < 1.29 is 14.2 Å². The zero-order valence-electron chi connectivity index (χ0n) is 11.5. The normalized spacial score (nSPS) is 10.7. The number of aromatic nitrogens is 2. The van der Waals surface area contributed by atoms with Crippen molar-refractivity contribution in [3.05, 3.63) is 30.6 Å². The van der Waals surface area contributed by atoms with Gasteiger partial charge >= 0.3 is 0 Å². The van der Waals surface area contributed by atoms with Crippen molar-refractivity contribution >= 4 is 5.69 Å². The molecule has 1 aromatic heterocycles. The number of nitrogens with zero attached hydrogens (tertiary/aromatic N) is 1. The summed E-state index contributed by atoms with van der Waals surface area (Å²) >= 11 is 0. The van der Waals surface area contributed by atoms with E-state index in [1.807, 2.05) is 18.2 Å². The van der Waals surface area contributed by atoms with E-state index in [4.69, 9.17) is 19.9 Å². The van der Waals surface area contributed by atoms with E-state index in [1.165, 1.54) is 0 Å². The smallest absolute Gasteiger partial charge is 0.127 e. The molecule has 0 fully saturated rings. The van der Waals surface area contributed by atoms with Crippen LogP contribution in [0.2, 0.25) is 0 Å². The molecular formula is C14H19N3O3. The Hall–Kier alpha value is -2.05. The largest absolute Gasteiger partial charge is 0.491 e. The van der Waals surface area contributed by atoms with Crippen molar-refractivity contribution in [3.63, 3.8) is 0 Å². The Morgan fingerprint density at radius 1 is 1.20 bits per heavy atom. The molecule has 0 amide bonds. The van der Waals surface area contributed by atoms with Gasteiger partial charge in [0.2, 0.25) is 0 Å². The fourth-order valence-corrected chi connectivity index (χ4v) is 1.75. The predicted octanol–water partition coefficient (Wildman–Crippen LogP) is 1.70. The molecule has 0 unspecified atom stereocenters. The van der Waals surface area contributed by atoms with Crippen LogP contribution in [-0.4, -0.2) is 43.7 Å². The van der Waals surface area contributed by atoms with Crippen LogP contribution in [-0.2, 0) is 9.47 Å². The van der Waals surface area contributed by atoms with Crippen LogP contribution in [0.15, 0.2) is 30.6 Å². The summed E-state index contributed by atoms with van der Waals surface area (Å²) in [6.07, 6.45) is 3.54. The third kappa shape index (κ3) is 3.97. The van der Waals surface area contributed by atoms with E-state index in [9.17, 15) is 0 Å². The van der Waals surface area contributed by atoms with Crippen LogP contribution in [0.3, 0.4) is 0 Å². The second kappa shape index (κ2) is 7.52. The van der Waals surface area contributed by atoms with Gasteiger partial charge in [0.25, 0.3) is 0 Å². The molecule has 6 nitrogen and oxygen atoms in total. The maximum Gasteiger partial charge on any atom is 0.127 e. The first-order chi connectivity index (χ1) is 9.81. The second-order valence-corrected chi connectivity index (χ2v) is 4.20. The average Bonchev–Trinajstić information content (AvgIpc) is 2.98. The highest BCUT2D eigenvalue weighted by Gasteiger charge is 2.08. The highest BCUT2D eigenvalue weighted by molar-refractivity contribution is 5.72. The second-order valence-electron chi connectivity index (χ2n) is 4.20. The minimum absolute atomic E-state index is 0.471. The number of aromatic amines is 1. The minimum Gasteiger partial charge on any atom is -0.491 e. The van der Waals surface area contributed by atoms with Crippen molar-refractivity contribution in [3.8, 4) is 16.9 Å². The molecule has 0 aliphatic rings. The summed E-state index contributed by atoms with van der Waals surface area (Å²) in [7, 11) is 1.64. The Morgan fingerprint density at radius 2 is 2.05 bits per heavy atom. The maximum atomic E-state index is 5.82. The molecule has 2 aromatic rings. The molecule has 1 aromatic carbocycles. The first kappa shape index (κ1) is 14.4. The zero-order valence-corrected chi connectivity index (χ0v) is 11.5. The Bertz CT molecular complexity index is 514. The first-order valence-corrected chi connectivity index (χ1v) is 6.39. The van der Waals surface area contributed by atoms with Crippen LogP contribution in [0, 0.1) is 0 Å². The van der Waals surface area contributed by atoms with E-state index in [2.05, 4.69) is 10.2 Å². The average molecular weight is 277 g/mol. The number of methoxy groups -OCH3 is 1. The molecule has 0 bridgehead atoms. The Balaban J connectivity index is 1.94. The summed E-state index contributed by atoms with van der Waals surface area (Å²) in [5.41, 5.74) is 8.35. The van der Waals surface area contributed by atoms with Crippen LogP contribution in [0.4, 0.5) is 5.69 Å². The molecule has 0 saturated carbocycles. The standard InChI is InChI=1S/C14H19N3O3/c1-18-4-5-19-6-7-20-14-3-2-12(15)8-13(14)11-9-16-17-10-11/h2-3,8-10H,4-7,15H2,1H3,(H,16,17). The molecule has 0 aliphatic carbocycles. The summed E-state index contributed by atoms with van der Waals surface area (Å²) in [6, 6.07) is 5.53. The molecule has 0 spiro atoms. The summed E-state index contributed by atoms with van der Waals surface area (Å²) in [5, 5.41) is 6.72. The number of rotatable bonds is 8. The molecule has 108 valence electrons. The fourth-order valence-electron chi connectivity index (χ4n) is 1.75. The summed E-state index contributed by atoms with van der Waals surface area (Å²) in [4.78, 5) is 0. The van der Waals surface area contributed by atoms with Gasteiger partial charge in [-0.2, -0.15) is 5.10 Å². The van der Waals surface area contributed by atoms with Crippen LogP contribution in [0.5, 0.6) is 5.75 Å². The molecule has 3 N–H and O–H groups in total. The number of H-pyrrole nitrogens is 1. The van der Waals surface area contributed by atoms with Gasteiger partial charge in [-0.1, -0.05) is 0 Å². The Morgan fingerprint density at radius 3 is 2.80 bits per heavy atom. The van der Waals surface area contributed by atoms with Gasteiger partial charge in [0.1, 0.15) is 12.4 Å². The number of nitrogens with two attached hydrogens (primary N) is 1. The van der Waals surface area contributed by atoms with Gasteiger partial charge < -0.3 is 19.9 Å². The number of nitrogen functional groups attached to an aromatic ring is 1. The number of hydrogen-bond acceptors (Lipinski definition) is 5. The first-order valence-electron chi connectivity index (χ1n) is 6.39. The lowest BCUT2D eigenvalue weighted by molar-refractivity contribution is 0.0545. The lowest BCUT2D eigenvalue weighted by Crippen LogP contribution is -2.10. The third-order valence-electron chi connectivity index (χ3n) is 2.73. The highest BCUT2D eigenvalue weighted by atomic mass is 16.5. The highest BCUT2D eigenvalue weighted by Crippen LogP contribution is 2.31. The molecule has 1 heterocycles. The molecule has 0 saturated heterocycles. The quantitative estimate of drug-likeness (QED) is 0.567. The van der Waals surface area contributed by atoms with E-state index < -0.39 is 0 Å². The fraction of sp³-hybridized carbons (Fsp3) is 0.357. The molecular weight excluding hydrogens is 258 g/mol. The SMILES string of the molecule is COCCOCCOc1ccc(N)cc1-c1cn[nH]c1. The molecule has 20 heavy (non-hydrogen) atoms. The van der Waals surface area contributed by atoms with Gasteiger partial charge in [-0.3, -0.25) is 5.10 Å². The lowest BCUT2D eigenvalue weighted by Gasteiger charge is -2.11. The van der Waals surface area contributed by atoms with Crippen LogP contribution < -0.4 is 10.5 Å². The number of nitrogens with one attached hydrogen (secondary N) is 1. The molecule has 0 aliphatic heterocycles. The minimum atomic E-state index is 0.471. The molecule has 0 radical (unpaired) electrons. The number of benzene rings is 1. The van der Waals surface area contributed by atoms with Crippen LogP contribution >= 0.6 is 0 Å². The predicted molar refractivity (Wildman–Crippen MR) is 76.6 cm³/mol. The van der Waals surface area contributed by atoms with Gasteiger partial charge in [0.05, 0.1) is 26.0 Å². The van der Waals surface area contributed by atoms with E-state index in [-0.39, 0.29) is 0 Å². The summed E-state index contributed by atoms with van der Waals surface area (Å²) < 4.78 is 16.0. The van der Waals surface area contributed by atoms with Gasteiger partial charge in [-0.05, 0) is 18.2 Å². The topological polar surface area (TPSA) is 82.4 Å². The van der Waals surface area contributed by atoms with Gasteiger partial charge in [-0.15, -0.1) is 0 Å². The monoisotopic (exact) mass is 277 g/mol. The van der Waals surface area contributed by atoms with Crippen LogP contribution in [0.25, 0.3) is 11.1 Å². The zero-order chi connectivity index (χ0) is 14.2. The van der Waals surface area contributed by atoms with Gasteiger partial charge in [0, 0.05) is 30.1 Å². The van der Waals surface area contributed by atoms with Crippen molar-refractivity contribution in [2.75, 3.05) is 39.3 Å². The van der Waals surface area contributed by atoms with E-state index >= 15 is 0 Å². The molecule has 2 rings (SSSR count). The Labute approximate surface area is 117 Å². The maximum absolute atomic E-state index is 5.82. The van der Waals surface area contributed by atoms with Crippen molar-refractivity contribution in [2.45, 2.75) is 0 Å². The summed E-state index contributed by atoms with van der Waals surface area (Å²) in [6.45, 7) is 2.13. The number of ether oxygens (including phenoxy) is 3. The van der Waals surface area contributed by atoms with E-state index in [1.54, 1.807) is 19.5 Å². The number of anilines is 1. The van der Waals surface area contributed by atoms with Crippen molar-refractivity contribution in [2.24, 2.45) is 0 Å². The molecule has 6 heteroatoms. The van der Waals surface area contributed by atoms with E-state index in [0.29, 0.717) is 32.1 Å². The van der Waals surface area contributed by atoms with E-state index in [0.717, 1.165) is 16.9 Å². The van der Waals surface area contributed by atoms with Gasteiger partial charge in [-0.25, -0.2) is 0 Å². The van der Waals surface area contributed by atoms with Crippen LogP contribution in [0.1, 0.15) is 0 Å². The third-order valence-corrected chi connectivity index (χ3v) is 2.73. The Kier molecular flexibility index (Phi) is 5.40. The summed E-state index contributed by atoms with van der Waals surface area (Å²) in [5.74, 6) is 0.760. The molecule has 0 atom stereocenters. The van der Waals surface area contributed by atoms with Gasteiger partial charge in [0.15, 0.2) is 0 Å².